The van der Waals surface area contributed by atoms with Gasteiger partial charge in [-0.1, -0.05) is 63.2 Å². The van der Waals surface area contributed by atoms with Gasteiger partial charge in [0.05, 0.1) is 19.8 Å². The molecule has 2 aromatic carbocycles. The average Bonchev–Trinajstić information content (AvgIpc) is 2.78. The summed E-state index contributed by atoms with van der Waals surface area (Å²) >= 11 is 0. The summed E-state index contributed by atoms with van der Waals surface area (Å²) in [6, 6.07) is 16.9. The fraction of sp³-hybridized carbons (Fsp3) is 0.481. The first-order valence-electron chi connectivity index (χ1n) is 11.6. The number of methoxy groups -OCH3 is 1. The van der Waals surface area contributed by atoms with Crippen LogP contribution in [0.5, 0.6) is 5.75 Å². The molecule has 186 valence electrons. The molecule has 34 heavy (non-hydrogen) atoms. The molecule has 7 heteroatoms. The van der Waals surface area contributed by atoms with Crippen LogP contribution in [-0.4, -0.2) is 40.1 Å². The average molecular weight is 487 g/mol. The van der Waals surface area contributed by atoms with Gasteiger partial charge in [0.25, 0.3) is 0 Å². The van der Waals surface area contributed by atoms with E-state index in [1.807, 2.05) is 54.6 Å². The Kier molecular flexibility index (Phi) is 9.47. The topological polar surface area (TPSA) is 71.1 Å². The van der Waals surface area contributed by atoms with E-state index in [1.165, 1.54) is 6.92 Å². The molecule has 0 aliphatic heterocycles. The van der Waals surface area contributed by atoms with Crippen LogP contribution in [0, 0.1) is 0 Å². The van der Waals surface area contributed by atoms with Crippen LogP contribution < -0.4 is 4.74 Å². The summed E-state index contributed by atoms with van der Waals surface area (Å²) in [4.78, 5) is 25.8. The van der Waals surface area contributed by atoms with E-state index in [0.717, 1.165) is 11.1 Å². The molecule has 0 amide bonds. The van der Waals surface area contributed by atoms with Crippen molar-refractivity contribution < 1.29 is 28.2 Å². The second-order valence-corrected chi connectivity index (χ2v) is 14.5. The number of hydrogen-bond donors (Lipinski definition) is 0. The second-order valence-electron chi connectivity index (χ2n) is 9.79. The van der Waals surface area contributed by atoms with E-state index in [4.69, 9.17) is 18.6 Å². The number of benzene rings is 2. The SMILES string of the molecule is CCOC(=O)[C@H](C)OC(=O)[C@H](c1ccccc1)[C@@H](O[Si](C)(C)C(C)(C)C)c1ccc(OC)cc1. The van der Waals surface area contributed by atoms with Gasteiger partial charge in [-0.15, -0.1) is 0 Å². The predicted octanol–water partition coefficient (Wildman–Crippen LogP) is 6.04. The van der Waals surface area contributed by atoms with Crippen LogP contribution in [-0.2, 0) is 23.5 Å². The molecule has 0 saturated carbocycles. The summed E-state index contributed by atoms with van der Waals surface area (Å²) in [6.07, 6.45) is -1.64. The van der Waals surface area contributed by atoms with Crippen LogP contribution in [0.2, 0.25) is 18.1 Å². The zero-order valence-electron chi connectivity index (χ0n) is 21.6. The Hall–Kier alpha value is -2.64. The lowest BCUT2D eigenvalue weighted by molar-refractivity contribution is -0.168. The smallest absolute Gasteiger partial charge is 0.347 e. The molecule has 6 nitrogen and oxygen atoms in total. The lowest BCUT2D eigenvalue weighted by Crippen LogP contribution is -2.44. The zero-order chi connectivity index (χ0) is 25.5. The monoisotopic (exact) mass is 486 g/mol. The van der Waals surface area contributed by atoms with Gasteiger partial charge in [-0.3, -0.25) is 4.79 Å². The van der Waals surface area contributed by atoms with Crippen molar-refractivity contribution in [1.29, 1.82) is 0 Å². The maximum Gasteiger partial charge on any atom is 0.347 e. The molecular formula is C27H38O6Si. The van der Waals surface area contributed by atoms with Gasteiger partial charge in [0, 0.05) is 0 Å². The molecule has 0 radical (unpaired) electrons. The molecule has 2 aromatic rings. The number of ether oxygens (including phenoxy) is 3. The second kappa shape index (κ2) is 11.7. The summed E-state index contributed by atoms with van der Waals surface area (Å²) in [5, 5.41) is -0.0823. The molecule has 0 aliphatic rings. The maximum atomic E-state index is 13.6. The van der Waals surface area contributed by atoms with Crippen LogP contribution in [0.1, 0.15) is 57.8 Å². The largest absolute Gasteiger partial charge is 0.497 e. The quantitative estimate of drug-likeness (QED) is 0.301. The Morgan fingerprint density at radius 2 is 1.50 bits per heavy atom. The minimum atomic E-state index is -2.32. The van der Waals surface area contributed by atoms with Gasteiger partial charge < -0.3 is 18.6 Å². The highest BCUT2D eigenvalue weighted by atomic mass is 28.4. The molecule has 0 bridgehead atoms. The van der Waals surface area contributed by atoms with Crippen LogP contribution >= 0.6 is 0 Å². The van der Waals surface area contributed by atoms with Crippen LogP contribution in [0.25, 0.3) is 0 Å². The van der Waals surface area contributed by atoms with E-state index >= 15 is 0 Å². The number of carbonyl (C=O) groups excluding carboxylic acids is 2. The highest BCUT2D eigenvalue weighted by Crippen LogP contribution is 2.44. The van der Waals surface area contributed by atoms with Crippen molar-refractivity contribution in [1.82, 2.24) is 0 Å². The molecular weight excluding hydrogens is 448 g/mol. The van der Waals surface area contributed by atoms with E-state index in [9.17, 15) is 9.59 Å². The molecule has 0 saturated heterocycles. The fourth-order valence-corrected chi connectivity index (χ4v) is 4.53. The molecule has 0 fully saturated rings. The first-order valence-corrected chi connectivity index (χ1v) is 14.6. The van der Waals surface area contributed by atoms with Crippen molar-refractivity contribution in [3.05, 3.63) is 65.7 Å². The van der Waals surface area contributed by atoms with Crippen LogP contribution in [0.4, 0.5) is 0 Å². The number of hydrogen-bond acceptors (Lipinski definition) is 6. The standard InChI is InChI=1S/C27H38O6Si/c1-9-31-25(28)19(2)32-26(29)23(20-13-11-10-12-14-20)24(33-34(7,8)27(3,4)5)21-15-17-22(30-6)18-16-21/h10-19,23-24H,9H2,1-8H3/t19-,23+,24-/m0/s1. The third-order valence-corrected chi connectivity index (χ3v) is 10.8. The number of esters is 2. The van der Waals surface area contributed by atoms with Crippen LogP contribution in [0.3, 0.4) is 0 Å². The Morgan fingerprint density at radius 3 is 2.00 bits per heavy atom. The minimum Gasteiger partial charge on any atom is -0.497 e. The molecule has 0 aromatic heterocycles. The normalized spacial score (nSPS) is 14.6. The Bertz CT molecular complexity index is 934. The van der Waals surface area contributed by atoms with Crippen molar-refractivity contribution in [2.45, 2.75) is 70.9 Å². The highest BCUT2D eigenvalue weighted by Gasteiger charge is 2.44. The number of carbonyl (C=O) groups is 2. The maximum absolute atomic E-state index is 13.6. The van der Waals surface area contributed by atoms with Gasteiger partial charge in [0.2, 0.25) is 0 Å². The molecule has 0 N–H and O–H groups in total. The zero-order valence-corrected chi connectivity index (χ0v) is 22.6. The van der Waals surface area contributed by atoms with Crippen molar-refractivity contribution in [2.75, 3.05) is 13.7 Å². The summed E-state index contributed by atoms with van der Waals surface area (Å²) in [5.41, 5.74) is 1.59. The summed E-state index contributed by atoms with van der Waals surface area (Å²) < 4.78 is 22.9. The minimum absolute atomic E-state index is 0.0823. The molecule has 2 rings (SSSR count). The molecule has 0 unspecified atom stereocenters. The van der Waals surface area contributed by atoms with E-state index in [1.54, 1.807) is 14.0 Å². The lowest BCUT2D eigenvalue weighted by Gasteiger charge is -2.41. The third-order valence-electron chi connectivity index (χ3n) is 6.30. The van der Waals surface area contributed by atoms with E-state index in [-0.39, 0.29) is 11.6 Å². The van der Waals surface area contributed by atoms with E-state index in [2.05, 4.69) is 33.9 Å². The number of rotatable bonds is 10. The Balaban J connectivity index is 2.57. The first-order chi connectivity index (χ1) is 15.9. The van der Waals surface area contributed by atoms with Gasteiger partial charge in [-0.25, -0.2) is 4.79 Å². The van der Waals surface area contributed by atoms with Gasteiger partial charge in [-0.2, -0.15) is 0 Å². The molecule has 0 spiro atoms. The fourth-order valence-electron chi connectivity index (χ4n) is 3.27. The van der Waals surface area contributed by atoms with Crippen molar-refractivity contribution in [2.24, 2.45) is 0 Å². The molecule has 0 aliphatic carbocycles. The van der Waals surface area contributed by atoms with E-state index < -0.39 is 38.4 Å². The van der Waals surface area contributed by atoms with Crippen molar-refractivity contribution >= 4 is 20.3 Å². The summed E-state index contributed by atoms with van der Waals surface area (Å²) in [5.74, 6) is -1.18. The van der Waals surface area contributed by atoms with Gasteiger partial charge in [0.15, 0.2) is 14.4 Å². The summed E-state index contributed by atoms with van der Waals surface area (Å²) in [6.45, 7) is 14.2. The first kappa shape index (κ1) is 27.6. The van der Waals surface area contributed by atoms with Gasteiger partial charge in [-0.05, 0) is 55.2 Å². The lowest BCUT2D eigenvalue weighted by atomic mass is 9.89. The highest BCUT2D eigenvalue weighted by molar-refractivity contribution is 6.74. The predicted molar refractivity (Wildman–Crippen MR) is 135 cm³/mol. The summed E-state index contributed by atoms with van der Waals surface area (Å²) in [7, 11) is -0.709. The third kappa shape index (κ3) is 6.93. The van der Waals surface area contributed by atoms with Gasteiger partial charge in [0.1, 0.15) is 11.7 Å². The Morgan fingerprint density at radius 1 is 0.912 bits per heavy atom. The molecule has 3 atom stereocenters. The van der Waals surface area contributed by atoms with Crippen molar-refractivity contribution in [3.8, 4) is 5.75 Å². The van der Waals surface area contributed by atoms with Gasteiger partial charge >= 0.3 is 11.9 Å². The van der Waals surface area contributed by atoms with E-state index in [0.29, 0.717) is 5.75 Å². The van der Waals surface area contributed by atoms with Crippen LogP contribution in [0.15, 0.2) is 54.6 Å². The Labute approximate surface area is 204 Å². The molecule has 0 heterocycles. The van der Waals surface area contributed by atoms with Crippen molar-refractivity contribution in [3.63, 3.8) is 0 Å².